The van der Waals surface area contributed by atoms with Gasteiger partial charge in [0, 0.05) is 0 Å². The Hall–Kier alpha value is -4.09. The molecule has 1 amide bonds. The smallest absolute Gasteiger partial charge is 0.271 e. The van der Waals surface area contributed by atoms with E-state index in [1.807, 2.05) is 121 Å². The highest BCUT2D eigenvalue weighted by molar-refractivity contribution is 8.19. The van der Waals surface area contributed by atoms with Gasteiger partial charge in [-0.15, -0.1) is 0 Å². The van der Waals surface area contributed by atoms with Crippen LogP contribution in [0, 0.1) is 0 Å². The Bertz CT molecular complexity index is 1320. The third kappa shape index (κ3) is 5.11. The second kappa shape index (κ2) is 10.2. The lowest BCUT2D eigenvalue weighted by Crippen LogP contribution is -2.28. The summed E-state index contributed by atoms with van der Waals surface area (Å²) in [5, 5.41) is 0.636. The number of hydrogen-bond donors (Lipinski definition) is 0. The number of benzene rings is 4. The van der Waals surface area contributed by atoms with E-state index in [0.29, 0.717) is 16.7 Å². The van der Waals surface area contributed by atoms with Gasteiger partial charge in [-0.05, 0) is 65.4 Å². The van der Waals surface area contributed by atoms with Crippen LogP contribution in [0.4, 0.5) is 11.4 Å². The first-order chi connectivity index (χ1) is 16.8. The molecule has 1 saturated heterocycles. The predicted molar refractivity (Wildman–Crippen MR) is 140 cm³/mol. The van der Waals surface area contributed by atoms with E-state index in [9.17, 15) is 4.79 Å². The van der Waals surface area contributed by atoms with E-state index in [2.05, 4.69) is 0 Å². The fraction of sp³-hybridized carbons (Fsp3) is 0.0345. The normalized spacial score (nSPS) is 15.8. The summed E-state index contributed by atoms with van der Waals surface area (Å²) in [7, 11) is 0. The number of amidine groups is 1. The van der Waals surface area contributed by atoms with Crippen molar-refractivity contribution in [1.29, 1.82) is 0 Å². The van der Waals surface area contributed by atoms with E-state index in [1.165, 1.54) is 11.8 Å². The molecule has 34 heavy (non-hydrogen) atoms. The molecule has 0 unspecified atom stereocenters. The first kappa shape index (κ1) is 21.7. The summed E-state index contributed by atoms with van der Waals surface area (Å²) >= 11 is 1.38. The molecule has 4 aromatic carbocycles. The van der Waals surface area contributed by atoms with Gasteiger partial charge in [0.2, 0.25) is 0 Å². The van der Waals surface area contributed by atoms with E-state index in [-0.39, 0.29) is 5.91 Å². The van der Waals surface area contributed by atoms with Gasteiger partial charge in [0.05, 0.1) is 16.3 Å². The van der Waals surface area contributed by atoms with Crippen LogP contribution < -0.4 is 9.64 Å². The molecule has 0 spiro atoms. The second-order valence-corrected chi connectivity index (χ2v) is 8.67. The standard InChI is InChI=1S/C29H22N2O2S/c32-28-27(20-22-16-18-26(19-17-22)33-21-23-10-4-1-5-11-23)34-29(30-24-12-6-2-7-13-24)31(28)25-14-8-3-9-15-25/h1-20H,21H2/b27-20+,30-29?. The van der Waals surface area contributed by atoms with Gasteiger partial charge in [-0.2, -0.15) is 0 Å². The van der Waals surface area contributed by atoms with Crippen molar-refractivity contribution in [3.05, 3.63) is 131 Å². The van der Waals surface area contributed by atoms with Crippen molar-refractivity contribution in [1.82, 2.24) is 0 Å². The minimum Gasteiger partial charge on any atom is -0.489 e. The van der Waals surface area contributed by atoms with Gasteiger partial charge in [-0.25, -0.2) is 4.99 Å². The van der Waals surface area contributed by atoms with Gasteiger partial charge in [0.15, 0.2) is 5.17 Å². The molecule has 0 N–H and O–H groups in total. The highest BCUT2D eigenvalue weighted by Crippen LogP contribution is 2.37. The summed E-state index contributed by atoms with van der Waals surface area (Å²) in [5.41, 5.74) is 3.65. The number of nitrogens with zero attached hydrogens (tertiary/aromatic N) is 2. The van der Waals surface area contributed by atoms with Crippen LogP contribution in [0.5, 0.6) is 5.75 Å². The average molecular weight is 463 g/mol. The molecule has 1 aliphatic heterocycles. The molecule has 4 aromatic rings. The van der Waals surface area contributed by atoms with E-state index in [0.717, 1.165) is 28.3 Å². The number of carbonyl (C=O) groups excluding carboxylic acids is 1. The van der Waals surface area contributed by atoms with Crippen LogP contribution >= 0.6 is 11.8 Å². The third-order valence-corrected chi connectivity index (χ3v) is 6.20. The first-order valence-electron chi connectivity index (χ1n) is 11.0. The van der Waals surface area contributed by atoms with Crippen molar-refractivity contribution in [3.8, 4) is 5.75 Å². The number of rotatable bonds is 6. The van der Waals surface area contributed by atoms with Crippen LogP contribution in [0.2, 0.25) is 0 Å². The van der Waals surface area contributed by atoms with Crippen LogP contribution in [-0.2, 0) is 11.4 Å². The molecule has 4 nitrogen and oxygen atoms in total. The Morgan fingerprint density at radius 2 is 1.38 bits per heavy atom. The number of amides is 1. The fourth-order valence-electron chi connectivity index (χ4n) is 3.52. The van der Waals surface area contributed by atoms with Crippen LogP contribution in [-0.4, -0.2) is 11.1 Å². The zero-order valence-electron chi connectivity index (χ0n) is 18.4. The summed E-state index contributed by atoms with van der Waals surface area (Å²) in [6.07, 6.45) is 1.90. The number of aliphatic imine (C=N–C) groups is 1. The molecule has 5 rings (SSSR count). The van der Waals surface area contributed by atoms with Gasteiger partial charge < -0.3 is 4.74 Å². The third-order valence-electron chi connectivity index (χ3n) is 5.23. The second-order valence-electron chi connectivity index (χ2n) is 7.66. The maximum absolute atomic E-state index is 13.4. The number of ether oxygens (including phenoxy) is 1. The topological polar surface area (TPSA) is 41.9 Å². The van der Waals surface area contributed by atoms with Crippen molar-refractivity contribution in [2.75, 3.05) is 4.90 Å². The first-order valence-corrected chi connectivity index (χ1v) is 11.8. The Morgan fingerprint density at radius 1 is 0.765 bits per heavy atom. The molecule has 5 heteroatoms. The van der Waals surface area contributed by atoms with Crippen LogP contribution in [0.25, 0.3) is 6.08 Å². The lowest BCUT2D eigenvalue weighted by atomic mass is 10.2. The van der Waals surface area contributed by atoms with Crippen molar-refractivity contribution in [2.24, 2.45) is 4.99 Å². The molecule has 0 bridgehead atoms. The fourth-order valence-corrected chi connectivity index (χ4v) is 4.52. The number of para-hydroxylation sites is 2. The Morgan fingerprint density at radius 3 is 2.06 bits per heavy atom. The van der Waals surface area contributed by atoms with Crippen LogP contribution in [0.15, 0.2) is 125 Å². The van der Waals surface area contributed by atoms with Crippen LogP contribution in [0.3, 0.4) is 0 Å². The Kier molecular flexibility index (Phi) is 6.54. The summed E-state index contributed by atoms with van der Waals surface area (Å²) in [6, 6.07) is 37.1. The monoisotopic (exact) mass is 462 g/mol. The maximum atomic E-state index is 13.4. The lowest BCUT2D eigenvalue weighted by molar-refractivity contribution is -0.113. The van der Waals surface area contributed by atoms with Gasteiger partial charge in [0.1, 0.15) is 12.4 Å². The zero-order chi connectivity index (χ0) is 23.2. The summed E-state index contributed by atoms with van der Waals surface area (Å²) < 4.78 is 5.88. The minimum absolute atomic E-state index is 0.0877. The zero-order valence-corrected chi connectivity index (χ0v) is 19.2. The molecule has 1 aliphatic rings. The highest BCUT2D eigenvalue weighted by atomic mass is 32.2. The molecule has 0 atom stereocenters. The molecule has 166 valence electrons. The molecule has 1 heterocycles. The van der Waals surface area contributed by atoms with Gasteiger partial charge in [-0.3, -0.25) is 9.69 Å². The van der Waals surface area contributed by atoms with Gasteiger partial charge in [-0.1, -0.05) is 78.9 Å². The SMILES string of the molecule is O=C1/C(=C\c2ccc(OCc3ccccc3)cc2)SC(=Nc2ccccc2)N1c1ccccc1. The summed E-state index contributed by atoms with van der Waals surface area (Å²) in [5.74, 6) is 0.698. The molecule has 0 radical (unpaired) electrons. The van der Waals surface area contributed by atoms with E-state index < -0.39 is 0 Å². The van der Waals surface area contributed by atoms with Crippen molar-refractivity contribution < 1.29 is 9.53 Å². The van der Waals surface area contributed by atoms with Gasteiger partial charge in [0.25, 0.3) is 5.91 Å². The molecule has 0 aliphatic carbocycles. The Labute approximate surface area is 203 Å². The quantitative estimate of drug-likeness (QED) is 0.288. The van der Waals surface area contributed by atoms with Gasteiger partial charge >= 0.3 is 0 Å². The molecule has 0 saturated carbocycles. The maximum Gasteiger partial charge on any atom is 0.271 e. The largest absolute Gasteiger partial charge is 0.489 e. The van der Waals surface area contributed by atoms with E-state index in [1.54, 1.807) is 4.90 Å². The molecule has 1 fully saturated rings. The molecule has 0 aromatic heterocycles. The molecular formula is C29H22N2O2S. The minimum atomic E-state index is -0.0877. The van der Waals surface area contributed by atoms with Crippen molar-refractivity contribution >= 4 is 40.3 Å². The highest BCUT2D eigenvalue weighted by Gasteiger charge is 2.34. The summed E-state index contributed by atoms with van der Waals surface area (Å²) in [4.78, 5) is 20.4. The van der Waals surface area contributed by atoms with Crippen LogP contribution in [0.1, 0.15) is 11.1 Å². The van der Waals surface area contributed by atoms with E-state index >= 15 is 0 Å². The number of thioether (sulfide) groups is 1. The van der Waals surface area contributed by atoms with Crippen molar-refractivity contribution in [3.63, 3.8) is 0 Å². The lowest BCUT2D eigenvalue weighted by Gasteiger charge is -2.15. The Balaban J connectivity index is 1.38. The average Bonchev–Trinajstić information content (AvgIpc) is 3.19. The number of carbonyl (C=O) groups is 1. The molecular weight excluding hydrogens is 440 g/mol. The number of hydrogen-bond acceptors (Lipinski definition) is 4. The predicted octanol–water partition coefficient (Wildman–Crippen LogP) is 7.07. The van der Waals surface area contributed by atoms with E-state index in [4.69, 9.17) is 9.73 Å². The van der Waals surface area contributed by atoms with Crippen molar-refractivity contribution in [2.45, 2.75) is 6.61 Å². The summed E-state index contributed by atoms with van der Waals surface area (Å²) in [6.45, 7) is 0.515. The number of anilines is 1.